The smallest absolute Gasteiger partial charge is 0.235 e. The SMILES string of the molecule is Cc1cccc(C)c1OCCN(C)C(=O)C(C)Br. The van der Waals surface area contributed by atoms with Gasteiger partial charge in [-0.05, 0) is 31.9 Å². The minimum Gasteiger partial charge on any atom is -0.491 e. The maximum atomic E-state index is 11.6. The van der Waals surface area contributed by atoms with Gasteiger partial charge in [0, 0.05) is 7.05 Å². The highest BCUT2D eigenvalue weighted by Crippen LogP contribution is 2.22. The predicted molar refractivity (Wildman–Crippen MR) is 77.4 cm³/mol. The Hall–Kier alpha value is -1.03. The van der Waals surface area contributed by atoms with Crippen molar-refractivity contribution in [2.24, 2.45) is 0 Å². The molecule has 1 aromatic rings. The number of likely N-dealkylation sites (N-methyl/N-ethyl adjacent to an activating group) is 1. The van der Waals surface area contributed by atoms with E-state index in [4.69, 9.17) is 4.74 Å². The van der Waals surface area contributed by atoms with E-state index >= 15 is 0 Å². The molecule has 1 rings (SSSR count). The summed E-state index contributed by atoms with van der Waals surface area (Å²) in [6, 6.07) is 6.06. The zero-order valence-corrected chi connectivity index (χ0v) is 13.0. The molecule has 0 aromatic heterocycles. The summed E-state index contributed by atoms with van der Waals surface area (Å²) in [4.78, 5) is 13.2. The fraction of sp³-hybridized carbons (Fsp3) is 0.500. The van der Waals surface area contributed by atoms with Gasteiger partial charge in [0.25, 0.3) is 0 Å². The maximum Gasteiger partial charge on any atom is 0.235 e. The summed E-state index contributed by atoms with van der Waals surface area (Å²) in [6.45, 7) is 6.97. The molecule has 0 heterocycles. The molecule has 1 atom stereocenters. The molecule has 0 spiro atoms. The Morgan fingerprint density at radius 1 is 1.39 bits per heavy atom. The number of benzene rings is 1. The van der Waals surface area contributed by atoms with Crippen molar-refractivity contribution in [1.82, 2.24) is 4.90 Å². The van der Waals surface area contributed by atoms with Gasteiger partial charge in [-0.1, -0.05) is 34.1 Å². The van der Waals surface area contributed by atoms with Gasteiger partial charge in [-0.15, -0.1) is 0 Å². The second-order valence-electron chi connectivity index (χ2n) is 4.45. The number of rotatable bonds is 5. The molecule has 4 heteroatoms. The lowest BCUT2D eigenvalue weighted by molar-refractivity contribution is -0.129. The molecule has 1 aromatic carbocycles. The highest BCUT2D eigenvalue weighted by Gasteiger charge is 2.14. The molecule has 0 radical (unpaired) electrons. The van der Waals surface area contributed by atoms with Crippen LogP contribution >= 0.6 is 15.9 Å². The van der Waals surface area contributed by atoms with E-state index in [-0.39, 0.29) is 10.7 Å². The molecular formula is C14H20BrNO2. The van der Waals surface area contributed by atoms with Crippen molar-refractivity contribution in [2.75, 3.05) is 20.2 Å². The highest BCUT2D eigenvalue weighted by atomic mass is 79.9. The van der Waals surface area contributed by atoms with E-state index in [2.05, 4.69) is 15.9 Å². The number of amides is 1. The predicted octanol–water partition coefficient (Wildman–Crippen LogP) is 2.92. The monoisotopic (exact) mass is 313 g/mol. The molecule has 0 aliphatic carbocycles. The van der Waals surface area contributed by atoms with E-state index in [1.54, 1.807) is 11.9 Å². The van der Waals surface area contributed by atoms with Gasteiger partial charge in [0.15, 0.2) is 0 Å². The molecule has 3 nitrogen and oxygen atoms in total. The number of carbonyl (C=O) groups is 1. The van der Waals surface area contributed by atoms with Crippen LogP contribution in [0.15, 0.2) is 18.2 Å². The summed E-state index contributed by atoms with van der Waals surface area (Å²) in [5.74, 6) is 0.991. The average molecular weight is 314 g/mol. The van der Waals surface area contributed by atoms with E-state index in [1.807, 2.05) is 39.0 Å². The van der Waals surface area contributed by atoms with Gasteiger partial charge >= 0.3 is 0 Å². The number of carbonyl (C=O) groups excluding carboxylic acids is 1. The van der Waals surface area contributed by atoms with Crippen LogP contribution in [0.4, 0.5) is 0 Å². The van der Waals surface area contributed by atoms with Gasteiger partial charge in [-0.25, -0.2) is 0 Å². The number of aryl methyl sites for hydroxylation is 2. The third-order valence-corrected chi connectivity index (χ3v) is 3.19. The molecule has 0 bridgehead atoms. The summed E-state index contributed by atoms with van der Waals surface area (Å²) >= 11 is 3.27. The number of hydrogen-bond donors (Lipinski definition) is 0. The van der Waals surface area contributed by atoms with Crippen LogP contribution in [-0.4, -0.2) is 35.8 Å². The first-order valence-corrected chi connectivity index (χ1v) is 6.93. The molecule has 0 aliphatic heterocycles. The lowest BCUT2D eigenvalue weighted by Crippen LogP contribution is -2.35. The Balaban J connectivity index is 2.50. The number of hydrogen-bond acceptors (Lipinski definition) is 2. The van der Waals surface area contributed by atoms with Gasteiger partial charge < -0.3 is 9.64 Å². The van der Waals surface area contributed by atoms with Crippen molar-refractivity contribution < 1.29 is 9.53 Å². The van der Waals surface area contributed by atoms with Crippen molar-refractivity contribution in [3.8, 4) is 5.75 Å². The Morgan fingerprint density at radius 2 is 1.94 bits per heavy atom. The largest absolute Gasteiger partial charge is 0.491 e. The molecule has 1 amide bonds. The van der Waals surface area contributed by atoms with E-state index < -0.39 is 0 Å². The van der Waals surface area contributed by atoms with E-state index in [1.165, 1.54) is 0 Å². The Bertz CT molecular complexity index is 398. The normalized spacial score (nSPS) is 12.1. The maximum absolute atomic E-state index is 11.6. The minimum atomic E-state index is -0.150. The molecule has 0 N–H and O–H groups in total. The third-order valence-electron chi connectivity index (χ3n) is 2.80. The van der Waals surface area contributed by atoms with Crippen molar-refractivity contribution >= 4 is 21.8 Å². The van der Waals surface area contributed by atoms with Crippen LogP contribution in [0.1, 0.15) is 18.1 Å². The second-order valence-corrected chi connectivity index (χ2v) is 5.82. The van der Waals surface area contributed by atoms with Crippen LogP contribution in [0.25, 0.3) is 0 Å². The van der Waals surface area contributed by atoms with Crippen LogP contribution in [0, 0.1) is 13.8 Å². The van der Waals surface area contributed by atoms with Crippen LogP contribution in [0.5, 0.6) is 5.75 Å². The zero-order valence-electron chi connectivity index (χ0n) is 11.4. The average Bonchev–Trinajstić information content (AvgIpc) is 2.31. The Morgan fingerprint density at radius 3 is 2.44 bits per heavy atom. The lowest BCUT2D eigenvalue weighted by Gasteiger charge is -2.19. The quantitative estimate of drug-likeness (QED) is 0.782. The summed E-state index contributed by atoms with van der Waals surface area (Å²) in [7, 11) is 1.79. The van der Waals surface area contributed by atoms with Gasteiger partial charge in [0.1, 0.15) is 12.4 Å². The number of nitrogens with zero attached hydrogens (tertiary/aromatic N) is 1. The van der Waals surface area contributed by atoms with Crippen molar-refractivity contribution in [2.45, 2.75) is 25.6 Å². The molecule has 0 saturated carbocycles. The molecule has 0 aliphatic rings. The number of para-hydroxylation sites is 1. The fourth-order valence-electron chi connectivity index (χ4n) is 1.73. The first-order valence-electron chi connectivity index (χ1n) is 6.01. The topological polar surface area (TPSA) is 29.5 Å². The first-order chi connectivity index (χ1) is 8.43. The Kier molecular flexibility index (Phi) is 5.66. The third kappa shape index (κ3) is 4.02. The summed E-state index contributed by atoms with van der Waals surface area (Å²) in [6.07, 6.45) is 0. The standard InChI is InChI=1S/C14H20BrNO2/c1-10-6-5-7-11(2)13(10)18-9-8-16(4)14(17)12(3)15/h5-7,12H,8-9H2,1-4H3. The summed E-state index contributed by atoms with van der Waals surface area (Å²) in [5, 5.41) is 0. The van der Waals surface area contributed by atoms with Crippen molar-refractivity contribution in [1.29, 1.82) is 0 Å². The molecular weight excluding hydrogens is 294 g/mol. The second kappa shape index (κ2) is 6.78. The van der Waals surface area contributed by atoms with Crippen LogP contribution in [0.3, 0.4) is 0 Å². The van der Waals surface area contributed by atoms with Gasteiger partial charge in [-0.2, -0.15) is 0 Å². The van der Waals surface area contributed by atoms with Gasteiger partial charge in [-0.3, -0.25) is 4.79 Å². The summed E-state index contributed by atoms with van der Waals surface area (Å²) in [5.41, 5.74) is 2.25. The van der Waals surface area contributed by atoms with E-state index in [0.29, 0.717) is 13.2 Å². The molecule has 100 valence electrons. The first kappa shape index (κ1) is 15.0. The number of halogens is 1. The molecule has 1 unspecified atom stereocenters. The van der Waals surface area contributed by atoms with Gasteiger partial charge in [0.05, 0.1) is 11.4 Å². The van der Waals surface area contributed by atoms with Crippen LogP contribution in [0.2, 0.25) is 0 Å². The van der Waals surface area contributed by atoms with Gasteiger partial charge in [0.2, 0.25) is 5.91 Å². The fourth-order valence-corrected chi connectivity index (χ4v) is 2.07. The molecule has 18 heavy (non-hydrogen) atoms. The lowest BCUT2D eigenvalue weighted by atomic mass is 10.1. The number of alkyl halides is 1. The minimum absolute atomic E-state index is 0.0695. The van der Waals surface area contributed by atoms with E-state index in [0.717, 1.165) is 16.9 Å². The van der Waals surface area contributed by atoms with E-state index in [9.17, 15) is 4.79 Å². The van der Waals surface area contributed by atoms with Crippen molar-refractivity contribution in [3.05, 3.63) is 29.3 Å². The molecule has 0 saturated heterocycles. The number of ether oxygens (including phenoxy) is 1. The Labute approximate surface area is 117 Å². The highest BCUT2D eigenvalue weighted by molar-refractivity contribution is 9.10. The van der Waals surface area contributed by atoms with Crippen LogP contribution in [-0.2, 0) is 4.79 Å². The van der Waals surface area contributed by atoms with Crippen molar-refractivity contribution in [3.63, 3.8) is 0 Å². The molecule has 0 fully saturated rings. The zero-order chi connectivity index (χ0) is 13.7. The summed E-state index contributed by atoms with van der Waals surface area (Å²) < 4.78 is 5.76. The van der Waals surface area contributed by atoms with Crippen LogP contribution < -0.4 is 4.74 Å².